The lowest BCUT2D eigenvalue weighted by Gasteiger charge is -2.30. The van der Waals surface area contributed by atoms with Gasteiger partial charge in [-0.1, -0.05) is 11.6 Å². The van der Waals surface area contributed by atoms with E-state index in [1.54, 1.807) is 6.92 Å². The fourth-order valence-electron chi connectivity index (χ4n) is 2.54. The number of carbonyl (C=O) groups excluding carboxylic acids is 1. The Hall–Kier alpha value is -1.22. The number of amides is 1. The normalized spacial score (nSPS) is 18.3. The SMILES string of the molecule is CC(O)CNC(=O)C1CCN(S(=O)(=O)c2ccc(F)c(Cl)c2)CC1. The van der Waals surface area contributed by atoms with E-state index in [9.17, 15) is 22.7 Å². The number of nitrogens with one attached hydrogen (secondary N) is 1. The number of piperidine rings is 1. The van der Waals surface area contributed by atoms with Crippen molar-refractivity contribution in [2.75, 3.05) is 19.6 Å². The molecule has 1 atom stereocenters. The van der Waals surface area contributed by atoms with Gasteiger partial charge in [-0.2, -0.15) is 4.31 Å². The van der Waals surface area contributed by atoms with E-state index < -0.39 is 21.9 Å². The molecule has 1 saturated heterocycles. The van der Waals surface area contributed by atoms with Gasteiger partial charge in [0.05, 0.1) is 16.0 Å². The smallest absolute Gasteiger partial charge is 0.243 e. The summed E-state index contributed by atoms with van der Waals surface area (Å²) in [6.45, 7) is 2.14. The Morgan fingerprint density at radius 1 is 1.46 bits per heavy atom. The molecule has 0 bridgehead atoms. The van der Waals surface area contributed by atoms with Crippen LogP contribution in [0.4, 0.5) is 4.39 Å². The van der Waals surface area contributed by atoms with Gasteiger partial charge in [0.1, 0.15) is 5.82 Å². The maximum absolute atomic E-state index is 13.2. The molecule has 1 heterocycles. The number of sulfonamides is 1. The van der Waals surface area contributed by atoms with Crippen LogP contribution in [0.5, 0.6) is 0 Å². The molecule has 0 aliphatic carbocycles. The van der Waals surface area contributed by atoms with Crippen molar-refractivity contribution < 1.29 is 22.7 Å². The van der Waals surface area contributed by atoms with Crippen molar-refractivity contribution in [2.45, 2.75) is 30.8 Å². The number of hydrogen-bond donors (Lipinski definition) is 2. The van der Waals surface area contributed by atoms with Crippen molar-refractivity contribution in [3.63, 3.8) is 0 Å². The van der Waals surface area contributed by atoms with Crippen molar-refractivity contribution in [1.82, 2.24) is 9.62 Å². The summed E-state index contributed by atoms with van der Waals surface area (Å²) in [5, 5.41) is 11.6. The average Bonchev–Trinajstić information content (AvgIpc) is 2.55. The molecule has 0 saturated carbocycles. The topological polar surface area (TPSA) is 86.7 Å². The van der Waals surface area contributed by atoms with Gasteiger partial charge in [-0.3, -0.25) is 4.79 Å². The van der Waals surface area contributed by atoms with Crippen molar-refractivity contribution in [3.8, 4) is 0 Å². The highest BCUT2D eigenvalue weighted by Crippen LogP contribution is 2.26. The molecule has 1 unspecified atom stereocenters. The van der Waals surface area contributed by atoms with E-state index in [0.29, 0.717) is 12.8 Å². The summed E-state index contributed by atoms with van der Waals surface area (Å²) in [5.74, 6) is -1.14. The number of hydrogen-bond acceptors (Lipinski definition) is 4. The molecular formula is C15H20ClFN2O4S. The van der Waals surface area contributed by atoms with Gasteiger partial charge in [-0.05, 0) is 38.0 Å². The molecule has 1 aliphatic rings. The van der Waals surface area contributed by atoms with Gasteiger partial charge in [0.2, 0.25) is 15.9 Å². The second kappa shape index (κ2) is 7.77. The number of nitrogens with zero attached hydrogens (tertiary/aromatic N) is 1. The van der Waals surface area contributed by atoms with Crippen LogP contribution in [-0.4, -0.2) is 49.5 Å². The highest BCUT2D eigenvalue weighted by molar-refractivity contribution is 7.89. The first-order chi connectivity index (χ1) is 11.2. The Morgan fingerprint density at radius 3 is 2.62 bits per heavy atom. The predicted molar refractivity (Wildman–Crippen MR) is 87.6 cm³/mol. The summed E-state index contributed by atoms with van der Waals surface area (Å²) >= 11 is 5.65. The van der Waals surface area contributed by atoms with E-state index in [0.717, 1.165) is 12.1 Å². The zero-order valence-electron chi connectivity index (χ0n) is 13.2. The monoisotopic (exact) mass is 378 g/mol. The minimum atomic E-state index is -3.77. The summed E-state index contributed by atoms with van der Waals surface area (Å²) in [6.07, 6.45) is 0.150. The van der Waals surface area contributed by atoms with Crippen molar-refractivity contribution in [2.24, 2.45) is 5.92 Å². The second-order valence-corrected chi connectivity index (χ2v) is 8.19. The van der Waals surface area contributed by atoms with E-state index in [2.05, 4.69) is 5.32 Å². The fraction of sp³-hybridized carbons (Fsp3) is 0.533. The standard InChI is InChI=1S/C15H20ClFN2O4S/c1-10(20)9-18-15(21)11-4-6-19(7-5-11)24(22,23)12-2-3-14(17)13(16)8-12/h2-3,8,10-11,20H,4-7,9H2,1H3,(H,18,21). The van der Waals surface area contributed by atoms with Crippen LogP contribution in [0, 0.1) is 11.7 Å². The molecule has 1 aliphatic heterocycles. The Bertz CT molecular complexity index is 703. The molecule has 24 heavy (non-hydrogen) atoms. The molecule has 2 rings (SSSR count). The van der Waals surface area contributed by atoms with Crippen LogP contribution in [0.2, 0.25) is 5.02 Å². The minimum Gasteiger partial charge on any atom is -0.392 e. The van der Waals surface area contributed by atoms with Gasteiger partial charge in [0.15, 0.2) is 0 Å². The lowest BCUT2D eigenvalue weighted by molar-refractivity contribution is -0.126. The molecular weight excluding hydrogens is 359 g/mol. The summed E-state index contributed by atoms with van der Waals surface area (Å²) in [7, 11) is -3.77. The molecule has 2 N–H and O–H groups in total. The number of aliphatic hydroxyl groups excluding tert-OH is 1. The highest BCUT2D eigenvalue weighted by atomic mass is 35.5. The van der Waals surface area contributed by atoms with Gasteiger partial charge >= 0.3 is 0 Å². The third kappa shape index (κ3) is 4.44. The quantitative estimate of drug-likeness (QED) is 0.810. The number of halogens is 2. The molecule has 0 radical (unpaired) electrons. The molecule has 9 heteroatoms. The Labute approximate surface area is 145 Å². The van der Waals surface area contributed by atoms with Gasteiger partial charge in [0, 0.05) is 25.6 Å². The molecule has 1 aromatic carbocycles. The molecule has 1 fully saturated rings. The maximum Gasteiger partial charge on any atom is 0.243 e. The van der Waals surface area contributed by atoms with E-state index in [4.69, 9.17) is 11.6 Å². The number of rotatable bonds is 5. The minimum absolute atomic E-state index is 0.0640. The zero-order valence-corrected chi connectivity index (χ0v) is 14.8. The van der Waals surface area contributed by atoms with Crippen molar-refractivity contribution in [1.29, 1.82) is 0 Å². The zero-order chi connectivity index (χ0) is 17.9. The van der Waals surface area contributed by atoms with Gasteiger partial charge < -0.3 is 10.4 Å². The lowest BCUT2D eigenvalue weighted by atomic mass is 9.97. The van der Waals surface area contributed by atoms with Crippen molar-refractivity contribution >= 4 is 27.5 Å². The summed E-state index contributed by atoms with van der Waals surface area (Å²) < 4.78 is 39.6. The van der Waals surface area contributed by atoms with Gasteiger partial charge in [-0.15, -0.1) is 0 Å². The third-order valence-electron chi connectivity index (χ3n) is 3.93. The fourth-order valence-corrected chi connectivity index (χ4v) is 4.28. The van der Waals surface area contributed by atoms with Crippen LogP contribution in [0.15, 0.2) is 23.1 Å². The first kappa shape index (κ1) is 19.1. The summed E-state index contributed by atoms with van der Waals surface area (Å²) in [5.41, 5.74) is 0. The number of benzene rings is 1. The molecule has 0 spiro atoms. The molecule has 134 valence electrons. The average molecular weight is 379 g/mol. The first-order valence-corrected chi connectivity index (χ1v) is 9.44. The number of aliphatic hydroxyl groups is 1. The van der Waals surface area contributed by atoms with E-state index in [1.165, 1.54) is 10.4 Å². The highest BCUT2D eigenvalue weighted by Gasteiger charge is 2.32. The molecule has 1 aromatic rings. The van der Waals surface area contributed by atoms with E-state index in [-0.39, 0.29) is 41.4 Å². The van der Waals surface area contributed by atoms with Crippen LogP contribution in [-0.2, 0) is 14.8 Å². The molecule has 0 aromatic heterocycles. The first-order valence-electron chi connectivity index (χ1n) is 7.63. The van der Waals surface area contributed by atoms with Gasteiger partial charge in [-0.25, -0.2) is 12.8 Å². The predicted octanol–water partition coefficient (Wildman–Crippen LogP) is 1.38. The molecule has 1 amide bonds. The van der Waals surface area contributed by atoms with Crippen LogP contribution in [0.3, 0.4) is 0 Å². The Balaban J connectivity index is 2.00. The summed E-state index contributed by atoms with van der Waals surface area (Å²) in [4.78, 5) is 11.9. The maximum atomic E-state index is 13.2. The second-order valence-electron chi connectivity index (χ2n) is 5.85. The van der Waals surface area contributed by atoms with Crippen LogP contribution in [0.1, 0.15) is 19.8 Å². The van der Waals surface area contributed by atoms with E-state index >= 15 is 0 Å². The van der Waals surface area contributed by atoms with Crippen LogP contribution < -0.4 is 5.32 Å². The number of carbonyl (C=O) groups is 1. The lowest BCUT2D eigenvalue weighted by Crippen LogP contribution is -2.44. The largest absolute Gasteiger partial charge is 0.392 e. The Morgan fingerprint density at radius 2 is 2.08 bits per heavy atom. The summed E-state index contributed by atoms with van der Waals surface area (Å²) in [6, 6.07) is 3.29. The van der Waals surface area contributed by atoms with Crippen LogP contribution in [0.25, 0.3) is 0 Å². The third-order valence-corrected chi connectivity index (χ3v) is 6.11. The van der Waals surface area contributed by atoms with Gasteiger partial charge in [0.25, 0.3) is 0 Å². The molecule has 6 nitrogen and oxygen atoms in total. The van der Waals surface area contributed by atoms with Crippen molar-refractivity contribution in [3.05, 3.63) is 29.0 Å². The van der Waals surface area contributed by atoms with E-state index in [1.807, 2.05) is 0 Å². The van der Waals surface area contributed by atoms with Crippen LogP contribution >= 0.6 is 11.6 Å². The Kier molecular flexibility index (Phi) is 6.19.